The van der Waals surface area contributed by atoms with Crippen LogP contribution in [0.25, 0.3) is 0 Å². The lowest BCUT2D eigenvalue weighted by Crippen LogP contribution is -2.29. The molecule has 0 bridgehead atoms. The Balaban J connectivity index is 2.18. The fourth-order valence-corrected chi connectivity index (χ4v) is 4.27. The molecule has 0 aliphatic carbocycles. The second-order valence-electron chi connectivity index (χ2n) is 5.19. The molecule has 0 unspecified atom stereocenters. The van der Waals surface area contributed by atoms with Gasteiger partial charge in [0.25, 0.3) is 5.91 Å². The summed E-state index contributed by atoms with van der Waals surface area (Å²) in [6.07, 6.45) is 0. The minimum absolute atomic E-state index is 0.112. The maximum absolute atomic E-state index is 12.2. The Hall–Kier alpha value is -1.70. The van der Waals surface area contributed by atoms with Crippen LogP contribution in [0.3, 0.4) is 0 Å². The molecule has 0 aliphatic heterocycles. The second-order valence-corrected chi connectivity index (χ2v) is 7.82. The molecule has 1 aromatic carbocycles. The minimum Gasteiger partial charge on any atom is -0.321 e. The van der Waals surface area contributed by atoms with Crippen molar-refractivity contribution in [1.29, 1.82) is 0 Å². The van der Waals surface area contributed by atoms with Gasteiger partial charge in [0.1, 0.15) is 0 Å². The van der Waals surface area contributed by atoms with Gasteiger partial charge in [-0.2, -0.15) is 0 Å². The number of benzene rings is 1. The van der Waals surface area contributed by atoms with Crippen LogP contribution in [0.2, 0.25) is 0 Å². The molecule has 5 nitrogen and oxygen atoms in total. The summed E-state index contributed by atoms with van der Waals surface area (Å²) in [5.41, 5.74) is 1.66. The lowest BCUT2D eigenvalue weighted by molar-refractivity contribution is 0.103. The third-order valence-electron chi connectivity index (χ3n) is 2.89. The van der Waals surface area contributed by atoms with Crippen molar-refractivity contribution in [2.24, 2.45) is 0 Å². The quantitative estimate of drug-likeness (QED) is 0.880. The molecule has 1 aromatic heterocycles. The molecule has 2 aromatic rings. The van der Waals surface area contributed by atoms with Crippen molar-refractivity contribution < 1.29 is 13.2 Å². The topological polar surface area (TPSA) is 75.3 Å². The number of thiophene rings is 1. The highest BCUT2D eigenvalue weighted by molar-refractivity contribution is 7.89. The van der Waals surface area contributed by atoms with Crippen LogP contribution in [-0.4, -0.2) is 20.4 Å². The van der Waals surface area contributed by atoms with Gasteiger partial charge >= 0.3 is 0 Å². The van der Waals surface area contributed by atoms with Crippen molar-refractivity contribution >= 4 is 33.0 Å². The number of carbonyl (C=O) groups is 1. The van der Waals surface area contributed by atoms with Crippen LogP contribution in [0.5, 0.6) is 0 Å². The van der Waals surface area contributed by atoms with Crippen molar-refractivity contribution in [2.45, 2.75) is 31.7 Å². The van der Waals surface area contributed by atoms with Crippen LogP contribution < -0.4 is 10.0 Å². The van der Waals surface area contributed by atoms with Crippen molar-refractivity contribution in [1.82, 2.24) is 4.72 Å². The van der Waals surface area contributed by atoms with Crippen LogP contribution in [0, 0.1) is 6.92 Å². The first kappa shape index (κ1) is 16.7. The Bertz CT molecular complexity index is 780. The molecule has 0 atom stereocenters. The summed E-state index contributed by atoms with van der Waals surface area (Å²) >= 11 is 1.11. The molecule has 0 fully saturated rings. The maximum Gasteiger partial charge on any atom is 0.265 e. The van der Waals surface area contributed by atoms with Gasteiger partial charge in [-0.3, -0.25) is 4.79 Å². The van der Waals surface area contributed by atoms with E-state index in [1.807, 2.05) is 25.1 Å². The van der Waals surface area contributed by atoms with Crippen molar-refractivity contribution in [3.63, 3.8) is 0 Å². The molecule has 0 aliphatic rings. The maximum atomic E-state index is 12.2. The molecule has 1 heterocycles. The highest BCUT2D eigenvalue weighted by Gasteiger charge is 2.19. The largest absolute Gasteiger partial charge is 0.321 e. The van der Waals surface area contributed by atoms with E-state index in [2.05, 4.69) is 10.0 Å². The molecule has 0 saturated heterocycles. The van der Waals surface area contributed by atoms with Gasteiger partial charge in [-0.05, 0) is 38.5 Å². The van der Waals surface area contributed by atoms with E-state index < -0.39 is 10.0 Å². The third kappa shape index (κ3) is 3.94. The van der Waals surface area contributed by atoms with Crippen LogP contribution in [0.1, 0.15) is 29.1 Å². The summed E-state index contributed by atoms with van der Waals surface area (Å²) in [6, 6.07) is 8.61. The van der Waals surface area contributed by atoms with Gasteiger partial charge in [0.2, 0.25) is 10.0 Å². The van der Waals surface area contributed by atoms with Gasteiger partial charge in [-0.25, -0.2) is 13.1 Å². The van der Waals surface area contributed by atoms with E-state index in [4.69, 9.17) is 0 Å². The van der Waals surface area contributed by atoms with Crippen LogP contribution in [0.4, 0.5) is 5.69 Å². The molecule has 2 N–H and O–H groups in total. The summed E-state index contributed by atoms with van der Waals surface area (Å²) in [7, 11) is -3.57. The fourth-order valence-electron chi connectivity index (χ4n) is 1.85. The Labute approximate surface area is 134 Å². The highest BCUT2D eigenvalue weighted by atomic mass is 32.2. The zero-order chi connectivity index (χ0) is 16.3. The summed E-state index contributed by atoms with van der Waals surface area (Å²) in [5.74, 6) is -0.315. The lowest BCUT2D eigenvalue weighted by Gasteiger charge is -2.07. The van der Waals surface area contributed by atoms with Crippen LogP contribution in [-0.2, 0) is 10.0 Å². The average Bonchev–Trinajstić information content (AvgIpc) is 2.90. The van der Waals surface area contributed by atoms with E-state index in [-0.39, 0.29) is 16.8 Å². The number of rotatable bonds is 5. The normalized spacial score (nSPS) is 11.6. The van der Waals surface area contributed by atoms with Gasteiger partial charge in [0.15, 0.2) is 0 Å². The molecular weight excluding hydrogens is 320 g/mol. The molecule has 1 amide bonds. The van der Waals surface area contributed by atoms with Crippen molar-refractivity contribution in [2.75, 3.05) is 5.32 Å². The monoisotopic (exact) mass is 338 g/mol. The number of aryl methyl sites for hydroxylation is 1. The van der Waals surface area contributed by atoms with E-state index in [1.165, 1.54) is 11.4 Å². The van der Waals surface area contributed by atoms with Crippen molar-refractivity contribution in [3.8, 4) is 0 Å². The van der Waals surface area contributed by atoms with E-state index >= 15 is 0 Å². The molecule has 7 heteroatoms. The number of sulfonamides is 1. The summed E-state index contributed by atoms with van der Waals surface area (Å²) < 4.78 is 26.6. The second kappa shape index (κ2) is 6.60. The predicted octanol–water partition coefficient (Wildman–Crippen LogP) is 3.00. The zero-order valence-electron chi connectivity index (χ0n) is 12.6. The Morgan fingerprint density at radius 3 is 2.55 bits per heavy atom. The van der Waals surface area contributed by atoms with E-state index in [9.17, 15) is 13.2 Å². The minimum atomic E-state index is -3.57. The number of anilines is 1. The molecule has 0 saturated carbocycles. The van der Waals surface area contributed by atoms with Gasteiger partial charge in [0, 0.05) is 17.1 Å². The third-order valence-corrected chi connectivity index (χ3v) is 5.61. The summed E-state index contributed by atoms with van der Waals surface area (Å²) in [6.45, 7) is 5.39. The predicted molar refractivity (Wildman–Crippen MR) is 88.9 cm³/mol. The first-order chi connectivity index (χ1) is 10.3. The molecule has 22 heavy (non-hydrogen) atoms. The summed E-state index contributed by atoms with van der Waals surface area (Å²) in [5, 5.41) is 4.26. The Kier molecular flexibility index (Phi) is 5.00. The first-order valence-corrected chi connectivity index (χ1v) is 9.14. The molecule has 118 valence electrons. The molecule has 0 radical (unpaired) electrons. The average molecular weight is 338 g/mol. The van der Waals surface area contributed by atoms with Crippen LogP contribution >= 0.6 is 11.3 Å². The SMILES string of the molecule is Cc1ccccc1NC(=O)c1cc(S(=O)(=O)NC(C)C)cs1. The molecule has 2 rings (SSSR count). The molecule has 0 spiro atoms. The summed E-state index contributed by atoms with van der Waals surface area (Å²) in [4.78, 5) is 12.7. The zero-order valence-corrected chi connectivity index (χ0v) is 14.2. The number of carbonyl (C=O) groups excluding carboxylic acids is 1. The van der Waals surface area contributed by atoms with Crippen molar-refractivity contribution in [3.05, 3.63) is 46.2 Å². The van der Waals surface area contributed by atoms with E-state index in [0.29, 0.717) is 10.6 Å². The number of para-hydroxylation sites is 1. The Morgan fingerprint density at radius 1 is 1.23 bits per heavy atom. The molecular formula is C15H18N2O3S2. The van der Waals surface area contributed by atoms with E-state index in [1.54, 1.807) is 19.9 Å². The smallest absolute Gasteiger partial charge is 0.265 e. The number of amides is 1. The standard InChI is InChI=1S/C15H18N2O3S2/c1-10(2)17-22(19,20)12-8-14(21-9-12)15(18)16-13-7-5-4-6-11(13)3/h4-10,17H,1-3H3,(H,16,18). The van der Waals surface area contributed by atoms with Gasteiger partial charge in [0.05, 0.1) is 9.77 Å². The van der Waals surface area contributed by atoms with Crippen LogP contribution in [0.15, 0.2) is 40.6 Å². The number of hydrogen-bond acceptors (Lipinski definition) is 4. The first-order valence-electron chi connectivity index (χ1n) is 6.77. The Morgan fingerprint density at radius 2 is 1.91 bits per heavy atom. The van der Waals surface area contributed by atoms with Gasteiger partial charge < -0.3 is 5.32 Å². The van der Waals surface area contributed by atoms with E-state index in [0.717, 1.165) is 16.9 Å². The highest BCUT2D eigenvalue weighted by Crippen LogP contribution is 2.22. The van der Waals surface area contributed by atoms with Gasteiger partial charge in [-0.1, -0.05) is 18.2 Å². The van der Waals surface area contributed by atoms with Gasteiger partial charge in [-0.15, -0.1) is 11.3 Å². The number of hydrogen-bond donors (Lipinski definition) is 2. The number of nitrogens with one attached hydrogen (secondary N) is 2. The fraction of sp³-hybridized carbons (Fsp3) is 0.267. The lowest BCUT2D eigenvalue weighted by atomic mass is 10.2.